The van der Waals surface area contributed by atoms with Gasteiger partial charge in [-0.3, -0.25) is 9.52 Å². The summed E-state index contributed by atoms with van der Waals surface area (Å²) in [5.74, 6) is 0.483. The van der Waals surface area contributed by atoms with Gasteiger partial charge in [0.05, 0.1) is 5.69 Å². The van der Waals surface area contributed by atoms with Gasteiger partial charge in [0.1, 0.15) is 18.1 Å². The van der Waals surface area contributed by atoms with Crippen LogP contribution in [0.1, 0.15) is 12.5 Å². The minimum Gasteiger partial charge on any atom is -0.492 e. The molecule has 0 aliphatic rings. The SMILES string of the molecule is CCc1ccc(OCCS(=O)(=O)Nc2ccc(-c3ccc(=O)[nH]n3)cc2)cc1. The molecular formula is C20H21N3O4S. The van der Waals surface area contributed by atoms with Gasteiger partial charge < -0.3 is 4.74 Å². The molecular weight excluding hydrogens is 378 g/mol. The van der Waals surface area contributed by atoms with Crippen LogP contribution in [-0.2, 0) is 16.4 Å². The molecule has 0 saturated heterocycles. The normalized spacial score (nSPS) is 11.2. The second-order valence-electron chi connectivity index (χ2n) is 6.15. The Balaban J connectivity index is 1.55. The third-order valence-corrected chi connectivity index (χ3v) is 5.34. The first-order valence-electron chi connectivity index (χ1n) is 8.83. The van der Waals surface area contributed by atoms with Gasteiger partial charge >= 0.3 is 0 Å². The largest absolute Gasteiger partial charge is 0.492 e. The Bertz CT molecular complexity index is 1060. The van der Waals surface area contributed by atoms with Crippen LogP contribution in [0.2, 0.25) is 0 Å². The Morgan fingerprint density at radius 3 is 2.32 bits per heavy atom. The summed E-state index contributed by atoms with van der Waals surface area (Å²) in [5, 5.41) is 6.30. The van der Waals surface area contributed by atoms with E-state index in [2.05, 4.69) is 21.8 Å². The van der Waals surface area contributed by atoms with Crippen LogP contribution >= 0.6 is 0 Å². The second kappa shape index (κ2) is 8.71. The fraction of sp³-hybridized carbons (Fsp3) is 0.200. The molecule has 2 aromatic carbocycles. The standard InChI is InChI=1S/C20H21N3O4S/c1-2-15-3-9-18(10-4-15)27-13-14-28(25,26)23-17-7-5-16(6-8-17)19-11-12-20(24)22-21-19/h3-12,23H,2,13-14H2,1H3,(H,22,24). The summed E-state index contributed by atoms with van der Waals surface area (Å²) in [6.45, 7) is 2.12. The van der Waals surface area contributed by atoms with Crippen LogP contribution in [0.15, 0.2) is 65.5 Å². The highest BCUT2D eigenvalue weighted by Crippen LogP contribution is 2.19. The molecule has 0 radical (unpaired) electrons. The van der Waals surface area contributed by atoms with Crippen molar-refractivity contribution in [3.05, 3.63) is 76.6 Å². The van der Waals surface area contributed by atoms with Crippen LogP contribution < -0.4 is 15.0 Å². The summed E-state index contributed by atoms with van der Waals surface area (Å²) < 4.78 is 32.5. The van der Waals surface area contributed by atoms with Gasteiger partial charge in [0.2, 0.25) is 10.0 Å². The number of H-pyrrole nitrogens is 1. The molecule has 0 saturated carbocycles. The Hall–Kier alpha value is -3.13. The van der Waals surface area contributed by atoms with Gasteiger partial charge in [-0.05, 0) is 42.3 Å². The Labute approximate surface area is 163 Å². The minimum atomic E-state index is -3.54. The molecule has 0 fully saturated rings. The van der Waals surface area contributed by atoms with E-state index in [1.54, 1.807) is 30.3 Å². The zero-order valence-corrected chi connectivity index (χ0v) is 16.2. The molecule has 1 aromatic heterocycles. The van der Waals surface area contributed by atoms with Crippen LogP contribution in [0.4, 0.5) is 5.69 Å². The van der Waals surface area contributed by atoms with E-state index in [9.17, 15) is 13.2 Å². The Kier molecular flexibility index (Phi) is 6.10. The summed E-state index contributed by atoms with van der Waals surface area (Å²) in [6.07, 6.45) is 0.940. The van der Waals surface area contributed by atoms with Crippen molar-refractivity contribution in [3.63, 3.8) is 0 Å². The van der Waals surface area contributed by atoms with E-state index in [1.165, 1.54) is 11.6 Å². The zero-order valence-electron chi connectivity index (χ0n) is 15.4. The average molecular weight is 399 g/mol. The summed E-state index contributed by atoms with van der Waals surface area (Å²) in [4.78, 5) is 11.1. The minimum absolute atomic E-state index is 0.0557. The van der Waals surface area contributed by atoms with E-state index in [4.69, 9.17) is 4.74 Å². The number of sulfonamides is 1. The van der Waals surface area contributed by atoms with Crippen molar-refractivity contribution in [3.8, 4) is 17.0 Å². The van der Waals surface area contributed by atoms with Crippen LogP contribution in [-0.4, -0.2) is 31.0 Å². The number of rotatable bonds is 8. The van der Waals surface area contributed by atoms with Gasteiger partial charge in [-0.2, -0.15) is 5.10 Å². The molecule has 2 N–H and O–H groups in total. The third kappa shape index (κ3) is 5.43. The lowest BCUT2D eigenvalue weighted by Crippen LogP contribution is -2.21. The molecule has 146 valence electrons. The summed E-state index contributed by atoms with van der Waals surface area (Å²) >= 11 is 0. The first-order valence-corrected chi connectivity index (χ1v) is 10.5. The molecule has 3 aromatic rings. The van der Waals surface area contributed by atoms with E-state index in [-0.39, 0.29) is 17.9 Å². The number of benzene rings is 2. The second-order valence-corrected chi connectivity index (χ2v) is 7.99. The zero-order chi connectivity index (χ0) is 20.0. The van der Waals surface area contributed by atoms with E-state index >= 15 is 0 Å². The highest BCUT2D eigenvalue weighted by molar-refractivity contribution is 7.92. The predicted molar refractivity (Wildman–Crippen MR) is 109 cm³/mol. The quantitative estimate of drug-likeness (QED) is 0.607. The maximum Gasteiger partial charge on any atom is 0.264 e. The van der Waals surface area contributed by atoms with E-state index in [0.29, 0.717) is 17.1 Å². The highest BCUT2D eigenvalue weighted by Gasteiger charge is 2.11. The number of aromatic amines is 1. The number of hydrogen-bond donors (Lipinski definition) is 2. The van der Waals surface area contributed by atoms with Crippen molar-refractivity contribution in [1.29, 1.82) is 0 Å². The molecule has 3 rings (SSSR count). The van der Waals surface area contributed by atoms with E-state index < -0.39 is 10.0 Å². The lowest BCUT2D eigenvalue weighted by Gasteiger charge is -2.10. The van der Waals surface area contributed by atoms with Gasteiger partial charge in [-0.1, -0.05) is 31.2 Å². The maximum atomic E-state index is 12.2. The van der Waals surface area contributed by atoms with Gasteiger partial charge in [-0.25, -0.2) is 13.5 Å². The lowest BCUT2D eigenvalue weighted by molar-refractivity contribution is 0.341. The number of aromatic nitrogens is 2. The van der Waals surface area contributed by atoms with Crippen molar-refractivity contribution >= 4 is 15.7 Å². The Morgan fingerprint density at radius 2 is 1.71 bits per heavy atom. The van der Waals surface area contributed by atoms with Crippen molar-refractivity contribution < 1.29 is 13.2 Å². The third-order valence-electron chi connectivity index (χ3n) is 4.09. The van der Waals surface area contributed by atoms with Gasteiger partial charge in [0.15, 0.2) is 0 Å². The molecule has 8 heteroatoms. The number of ether oxygens (including phenoxy) is 1. The van der Waals surface area contributed by atoms with Gasteiger partial charge in [0, 0.05) is 17.3 Å². The van der Waals surface area contributed by atoms with Crippen molar-refractivity contribution in [2.24, 2.45) is 0 Å². The molecule has 28 heavy (non-hydrogen) atoms. The molecule has 0 aliphatic heterocycles. The number of nitrogens with zero attached hydrogens (tertiary/aromatic N) is 1. The summed E-state index contributed by atoms with van der Waals surface area (Å²) in [6, 6.07) is 17.3. The fourth-order valence-electron chi connectivity index (χ4n) is 2.54. The topological polar surface area (TPSA) is 101 Å². The van der Waals surface area contributed by atoms with E-state index in [0.717, 1.165) is 12.0 Å². The highest BCUT2D eigenvalue weighted by atomic mass is 32.2. The number of aryl methyl sites for hydroxylation is 1. The predicted octanol–water partition coefficient (Wildman–Crippen LogP) is 2.82. The number of hydrogen-bond acceptors (Lipinski definition) is 5. The van der Waals surface area contributed by atoms with Crippen LogP contribution in [0.3, 0.4) is 0 Å². The van der Waals surface area contributed by atoms with Gasteiger partial charge in [0.25, 0.3) is 5.56 Å². The lowest BCUT2D eigenvalue weighted by atomic mass is 10.1. The summed E-state index contributed by atoms with van der Waals surface area (Å²) in [5.41, 5.74) is 2.72. The van der Waals surface area contributed by atoms with Crippen molar-refractivity contribution in [2.45, 2.75) is 13.3 Å². The average Bonchev–Trinajstić information content (AvgIpc) is 2.69. The monoisotopic (exact) mass is 399 g/mol. The Morgan fingerprint density at radius 1 is 1.00 bits per heavy atom. The molecule has 0 spiro atoms. The summed E-state index contributed by atoms with van der Waals surface area (Å²) in [7, 11) is -3.54. The first-order chi connectivity index (χ1) is 13.4. The van der Waals surface area contributed by atoms with Crippen LogP contribution in [0, 0.1) is 0 Å². The molecule has 7 nitrogen and oxygen atoms in total. The van der Waals surface area contributed by atoms with Crippen molar-refractivity contribution in [2.75, 3.05) is 17.1 Å². The van der Waals surface area contributed by atoms with Crippen molar-refractivity contribution in [1.82, 2.24) is 10.2 Å². The number of anilines is 1. The molecule has 0 unspecified atom stereocenters. The molecule has 0 bridgehead atoms. The molecule has 0 aliphatic carbocycles. The van der Waals surface area contributed by atoms with Crippen LogP contribution in [0.5, 0.6) is 5.75 Å². The van der Waals surface area contributed by atoms with Gasteiger partial charge in [-0.15, -0.1) is 0 Å². The number of nitrogens with one attached hydrogen (secondary N) is 2. The van der Waals surface area contributed by atoms with E-state index in [1.807, 2.05) is 24.3 Å². The molecule has 1 heterocycles. The molecule has 0 atom stereocenters. The first kappa shape index (κ1) is 19.6. The molecule has 0 amide bonds. The van der Waals surface area contributed by atoms with Crippen LogP contribution in [0.25, 0.3) is 11.3 Å². The maximum absolute atomic E-state index is 12.2. The fourth-order valence-corrected chi connectivity index (χ4v) is 3.44. The smallest absolute Gasteiger partial charge is 0.264 e.